The van der Waals surface area contributed by atoms with Gasteiger partial charge in [0.15, 0.2) is 0 Å². The molecule has 2 amide bonds. The van der Waals surface area contributed by atoms with Gasteiger partial charge in [0.2, 0.25) is 0 Å². The van der Waals surface area contributed by atoms with Gasteiger partial charge in [-0.25, -0.2) is 9.78 Å². The average molecular weight is 425 g/mol. The molecular weight excluding hydrogens is 406 g/mol. The third-order valence-corrected chi connectivity index (χ3v) is 5.09. The summed E-state index contributed by atoms with van der Waals surface area (Å²) < 4.78 is 5.17. The van der Waals surface area contributed by atoms with E-state index in [1.807, 2.05) is 30.3 Å². The van der Waals surface area contributed by atoms with E-state index in [0.717, 1.165) is 11.3 Å². The van der Waals surface area contributed by atoms with Gasteiger partial charge in [-0.15, -0.1) is 0 Å². The van der Waals surface area contributed by atoms with Crippen LogP contribution in [0, 0.1) is 0 Å². The van der Waals surface area contributed by atoms with Crippen LogP contribution < -0.4 is 20.9 Å². The van der Waals surface area contributed by atoms with E-state index in [2.05, 4.69) is 25.6 Å². The Bertz CT molecular complexity index is 1470. The van der Waals surface area contributed by atoms with Gasteiger partial charge in [-0.1, -0.05) is 30.3 Å². The van der Waals surface area contributed by atoms with Crippen LogP contribution in [0.25, 0.3) is 33.7 Å². The summed E-state index contributed by atoms with van der Waals surface area (Å²) in [5.74, 6) is 1.12. The highest BCUT2D eigenvalue weighted by molar-refractivity contribution is 6.01. The molecule has 0 bridgehead atoms. The molecule has 32 heavy (non-hydrogen) atoms. The second-order valence-corrected chi connectivity index (χ2v) is 7.20. The molecular formula is C24H19N5O3. The molecule has 158 valence electrons. The Morgan fingerprint density at radius 1 is 0.906 bits per heavy atom. The lowest BCUT2D eigenvalue weighted by Crippen LogP contribution is -2.19. The van der Waals surface area contributed by atoms with Crippen molar-refractivity contribution in [2.24, 2.45) is 0 Å². The van der Waals surface area contributed by atoms with Crippen LogP contribution in [0.1, 0.15) is 0 Å². The minimum Gasteiger partial charge on any atom is -0.497 e. The lowest BCUT2D eigenvalue weighted by atomic mass is 10.1. The van der Waals surface area contributed by atoms with Crippen molar-refractivity contribution in [2.75, 3.05) is 17.7 Å². The summed E-state index contributed by atoms with van der Waals surface area (Å²) in [6.45, 7) is 0. The van der Waals surface area contributed by atoms with Gasteiger partial charge in [0.05, 0.1) is 23.7 Å². The van der Waals surface area contributed by atoms with Crippen molar-refractivity contribution in [2.45, 2.75) is 0 Å². The Kier molecular flexibility index (Phi) is 4.79. The summed E-state index contributed by atoms with van der Waals surface area (Å²) in [6.07, 6.45) is 0. The Hall–Kier alpha value is -4.59. The molecule has 8 heteroatoms. The molecule has 5 rings (SSSR count). The molecule has 3 aromatic rings. The van der Waals surface area contributed by atoms with Crippen molar-refractivity contribution in [1.82, 2.24) is 15.0 Å². The molecule has 0 fully saturated rings. The first-order valence-corrected chi connectivity index (χ1v) is 9.94. The molecule has 1 aliphatic carbocycles. The van der Waals surface area contributed by atoms with Crippen LogP contribution in [-0.4, -0.2) is 28.1 Å². The SMILES string of the molecule is COc1cccc(NC(=O)Nc2ccc3nc(-c4c5cccccc-5[nH]c4=O)[nH]c3c2)c1. The molecule has 0 atom stereocenters. The van der Waals surface area contributed by atoms with Crippen LogP contribution in [0.5, 0.6) is 5.75 Å². The third-order valence-electron chi connectivity index (χ3n) is 5.09. The molecule has 2 aliphatic rings. The molecule has 2 heterocycles. The lowest BCUT2D eigenvalue weighted by molar-refractivity contribution is 0.262. The Labute approximate surface area is 182 Å². The molecule has 0 radical (unpaired) electrons. The molecule has 8 nitrogen and oxygen atoms in total. The Balaban J connectivity index is 1.41. The number of hydrogen-bond donors (Lipinski definition) is 4. The van der Waals surface area contributed by atoms with Crippen LogP contribution in [0.2, 0.25) is 0 Å². The molecule has 0 saturated carbocycles. The molecule has 2 aromatic carbocycles. The van der Waals surface area contributed by atoms with E-state index in [0.29, 0.717) is 39.5 Å². The predicted molar refractivity (Wildman–Crippen MR) is 124 cm³/mol. The number of urea groups is 1. The molecule has 1 aliphatic heterocycles. The maximum atomic E-state index is 12.6. The monoisotopic (exact) mass is 425 g/mol. The van der Waals surface area contributed by atoms with Crippen molar-refractivity contribution in [3.8, 4) is 28.4 Å². The Morgan fingerprint density at radius 3 is 2.56 bits per heavy atom. The number of methoxy groups -OCH3 is 1. The fraction of sp³-hybridized carbons (Fsp3) is 0.0417. The summed E-state index contributed by atoms with van der Waals surface area (Å²) in [7, 11) is 1.57. The fourth-order valence-electron chi connectivity index (χ4n) is 3.62. The van der Waals surface area contributed by atoms with Gasteiger partial charge < -0.3 is 25.3 Å². The smallest absolute Gasteiger partial charge is 0.323 e. The second kappa shape index (κ2) is 7.92. The van der Waals surface area contributed by atoms with E-state index in [1.165, 1.54) is 0 Å². The number of hydrogen-bond acceptors (Lipinski definition) is 4. The topological polar surface area (TPSA) is 112 Å². The number of carbonyl (C=O) groups excluding carboxylic acids is 1. The zero-order valence-electron chi connectivity index (χ0n) is 17.1. The maximum Gasteiger partial charge on any atom is 0.323 e. The fourth-order valence-corrected chi connectivity index (χ4v) is 3.62. The van der Waals surface area contributed by atoms with Gasteiger partial charge in [-0.05, 0) is 36.4 Å². The molecule has 4 N–H and O–H groups in total. The van der Waals surface area contributed by atoms with Gasteiger partial charge in [0, 0.05) is 28.7 Å². The number of ether oxygens (including phenoxy) is 1. The van der Waals surface area contributed by atoms with Crippen LogP contribution >= 0.6 is 0 Å². The van der Waals surface area contributed by atoms with Crippen LogP contribution in [0.3, 0.4) is 0 Å². The van der Waals surface area contributed by atoms with E-state index in [4.69, 9.17) is 4.74 Å². The normalized spacial score (nSPS) is 10.9. The van der Waals surface area contributed by atoms with Gasteiger partial charge in [0.25, 0.3) is 5.56 Å². The number of rotatable bonds is 4. The van der Waals surface area contributed by atoms with Crippen LogP contribution in [-0.2, 0) is 0 Å². The van der Waals surface area contributed by atoms with E-state index >= 15 is 0 Å². The number of benzene rings is 2. The molecule has 0 unspecified atom stereocenters. The van der Waals surface area contributed by atoms with Gasteiger partial charge in [-0.3, -0.25) is 4.79 Å². The van der Waals surface area contributed by atoms with Crippen molar-refractivity contribution in [3.05, 3.63) is 83.2 Å². The van der Waals surface area contributed by atoms with Gasteiger partial charge in [-0.2, -0.15) is 0 Å². The number of nitrogens with one attached hydrogen (secondary N) is 4. The van der Waals surface area contributed by atoms with Crippen molar-refractivity contribution in [3.63, 3.8) is 0 Å². The van der Waals surface area contributed by atoms with Crippen molar-refractivity contribution < 1.29 is 9.53 Å². The quantitative estimate of drug-likeness (QED) is 0.335. The number of fused-ring (bicyclic) bond motifs is 2. The number of nitrogens with zero attached hydrogens (tertiary/aromatic N) is 1. The standard InChI is InChI=1S/C24H19N5O3/c1-32-16-7-5-6-14(12-16)25-24(31)26-15-10-11-19-20(13-15)28-22(27-19)21-17-8-3-2-4-9-18(17)29-23(21)30/h2-13H,1H3,(H,27,28)(H,29,30)(H2,25,26,31). The van der Waals surface area contributed by atoms with E-state index in [-0.39, 0.29) is 11.6 Å². The zero-order chi connectivity index (χ0) is 22.1. The number of imidazole rings is 1. The summed E-state index contributed by atoms with van der Waals surface area (Å²) in [5.41, 5.74) is 4.39. The highest BCUT2D eigenvalue weighted by Crippen LogP contribution is 2.29. The first-order valence-electron chi connectivity index (χ1n) is 9.94. The summed E-state index contributed by atoms with van der Waals surface area (Å²) >= 11 is 0. The highest BCUT2D eigenvalue weighted by Gasteiger charge is 2.18. The van der Waals surface area contributed by atoms with E-state index < -0.39 is 0 Å². The van der Waals surface area contributed by atoms with Crippen LogP contribution in [0.15, 0.2) is 77.6 Å². The van der Waals surface area contributed by atoms with Crippen LogP contribution in [0.4, 0.5) is 16.2 Å². The predicted octanol–water partition coefficient (Wildman–Crippen LogP) is 4.68. The van der Waals surface area contributed by atoms with Gasteiger partial charge >= 0.3 is 6.03 Å². The lowest BCUT2D eigenvalue weighted by Gasteiger charge is -2.08. The summed E-state index contributed by atoms with van der Waals surface area (Å²) in [5, 5.41) is 5.57. The average Bonchev–Trinajstić information content (AvgIpc) is 3.24. The molecule has 1 aromatic heterocycles. The number of aromatic amines is 2. The van der Waals surface area contributed by atoms with Crippen molar-refractivity contribution >= 4 is 28.4 Å². The number of amides is 2. The largest absolute Gasteiger partial charge is 0.497 e. The maximum absolute atomic E-state index is 12.6. The number of carbonyl (C=O) groups is 1. The summed E-state index contributed by atoms with van der Waals surface area (Å²) in [4.78, 5) is 35.6. The molecule has 0 spiro atoms. The number of H-pyrrole nitrogens is 2. The number of aromatic nitrogens is 3. The van der Waals surface area contributed by atoms with Crippen molar-refractivity contribution in [1.29, 1.82) is 0 Å². The third kappa shape index (κ3) is 3.65. The van der Waals surface area contributed by atoms with E-state index in [9.17, 15) is 9.59 Å². The van der Waals surface area contributed by atoms with Gasteiger partial charge in [0.1, 0.15) is 11.6 Å². The highest BCUT2D eigenvalue weighted by atomic mass is 16.5. The number of anilines is 2. The Morgan fingerprint density at radius 2 is 1.72 bits per heavy atom. The first-order chi connectivity index (χ1) is 15.6. The first kappa shape index (κ1) is 19.4. The molecule has 0 saturated heterocycles. The second-order valence-electron chi connectivity index (χ2n) is 7.20. The zero-order valence-corrected chi connectivity index (χ0v) is 17.1. The minimum atomic E-state index is -0.386. The minimum absolute atomic E-state index is 0.207. The summed E-state index contributed by atoms with van der Waals surface area (Å²) in [6, 6.07) is 21.4. The van der Waals surface area contributed by atoms with E-state index in [1.54, 1.807) is 49.6 Å².